The van der Waals surface area contributed by atoms with Crippen molar-refractivity contribution in [3.63, 3.8) is 0 Å². The van der Waals surface area contributed by atoms with Gasteiger partial charge in [0.05, 0.1) is 12.0 Å². The van der Waals surface area contributed by atoms with Crippen molar-refractivity contribution in [2.45, 2.75) is 84.2 Å². The molecular weight excluding hydrogens is 328 g/mol. The molecule has 5 heteroatoms. The molecule has 0 aromatic rings. The van der Waals surface area contributed by atoms with Crippen LogP contribution in [0.5, 0.6) is 0 Å². The average Bonchev–Trinajstić information content (AvgIpc) is 2.44. The zero-order valence-corrected chi connectivity index (χ0v) is 16.5. The average molecular weight is 363 g/mol. The van der Waals surface area contributed by atoms with Crippen molar-refractivity contribution in [1.29, 1.82) is 0 Å². The van der Waals surface area contributed by atoms with E-state index < -0.39 is 5.97 Å². The molecule has 0 saturated heterocycles. The molecule has 2 unspecified atom stereocenters. The summed E-state index contributed by atoms with van der Waals surface area (Å²) in [4.78, 5) is 26.3. The Kier molecular flexibility index (Phi) is 4.18. The van der Waals surface area contributed by atoms with E-state index in [0.29, 0.717) is 22.8 Å². The molecule has 5 fully saturated rings. The molecule has 5 aliphatic carbocycles. The van der Waals surface area contributed by atoms with Gasteiger partial charge in [-0.2, -0.15) is 0 Å². The lowest BCUT2D eigenvalue weighted by molar-refractivity contribution is -0.171. The summed E-state index contributed by atoms with van der Waals surface area (Å²) in [5, 5.41) is 12.4. The van der Waals surface area contributed by atoms with Crippen molar-refractivity contribution in [3.05, 3.63) is 0 Å². The first-order chi connectivity index (χ1) is 12.1. The number of carboxylic acid groups (broad SMARTS) is 1. The largest absolute Gasteiger partial charge is 0.480 e. The van der Waals surface area contributed by atoms with Crippen LogP contribution in [0.15, 0.2) is 0 Å². The van der Waals surface area contributed by atoms with Gasteiger partial charge in [-0.1, -0.05) is 20.8 Å². The third-order valence-electron chi connectivity index (χ3n) is 7.82. The number of carbonyl (C=O) groups excluding carboxylic acids is 1. The fraction of sp³-hybridized carbons (Fsp3) is 0.905. The molecule has 4 bridgehead atoms. The Labute approximate surface area is 156 Å². The number of nitrogens with zero attached hydrogens (tertiary/aromatic N) is 1. The molecule has 2 atom stereocenters. The van der Waals surface area contributed by atoms with Gasteiger partial charge in [-0.05, 0) is 74.7 Å². The van der Waals surface area contributed by atoms with Crippen LogP contribution in [0.25, 0.3) is 0 Å². The van der Waals surface area contributed by atoms with Crippen LogP contribution < -0.4 is 5.32 Å². The summed E-state index contributed by atoms with van der Waals surface area (Å²) in [5.41, 5.74) is 0.571. The lowest BCUT2D eigenvalue weighted by atomic mass is 9.40. The van der Waals surface area contributed by atoms with Crippen LogP contribution in [-0.4, -0.2) is 47.1 Å². The number of aliphatic carboxylic acids is 1. The molecule has 0 aromatic carbocycles. The van der Waals surface area contributed by atoms with Crippen molar-refractivity contribution in [3.8, 4) is 0 Å². The van der Waals surface area contributed by atoms with E-state index in [4.69, 9.17) is 5.11 Å². The minimum absolute atomic E-state index is 0.101. The SMILES string of the molecule is CCN(CC(=O)O)C1CC(NC(=O)C23CC4CC(C)(CC(C)(C4)C2)C3)C1. The van der Waals surface area contributed by atoms with Crippen molar-refractivity contribution in [2.24, 2.45) is 22.2 Å². The van der Waals surface area contributed by atoms with Gasteiger partial charge >= 0.3 is 5.97 Å². The Hall–Kier alpha value is -1.10. The maximum Gasteiger partial charge on any atom is 0.317 e. The predicted octanol–water partition coefficient (Wildman–Crippen LogP) is 3.04. The number of amides is 1. The Morgan fingerprint density at radius 1 is 1.08 bits per heavy atom. The highest BCUT2D eigenvalue weighted by atomic mass is 16.4. The van der Waals surface area contributed by atoms with Gasteiger partial charge in [0.25, 0.3) is 0 Å². The van der Waals surface area contributed by atoms with Crippen LogP contribution in [0.1, 0.15) is 72.1 Å². The van der Waals surface area contributed by atoms with Crippen LogP contribution in [0.4, 0.5) is 0 Å². The lowest BCUT2D eigenvalue weighted by Gasteiger charge is -2.64. The van der Waals surface area contributed by atoms with Crippen LogP contribution in [0.3, 0.4) is 0 Å². The van der Waals surface area contributed by atoms with Crippen LogP contribution >= 0.6 is 0 Å². The summed E-state index contributed by atoms with van der Waals surface area (Å²) < 4.78 is 0. The minimum atomic E-state index is -0.769. The van der Waals surface area contributed by atoms with Crippen LogP contribution in [-0.2, 0) is 9.59 Å². The number of nitrogens with one attached hydrogen (secondary N) is 1. The van der Waals surface area contributed by atoms with Gasteiger partial charge in [0.2, 0.25) is 5.91 Å². The summed E-state index contributed by atoms with van der Waals surface area (Å²) >= 11 is 0. The van der Waals surface area contributed by atoms with E-state index in [1.54, 1.807) is 0 Å². The molecule has 5 nitrogen and oxygen atoms in total. The highest BCUT2D eigenvalue weighted by molar-refractivity contribution is 5.83. The number of hydrogen-bond acceptors (Lipinski definition) is 3. The fourth-order valence-electron chi connectivity index (χ4n) is 7.72. The predicted molar refractivity (Wildman–Crippen MR) is 99.7 cm³/mol. The summed E-state index contributed by atoms with van der Waals surface area (Å²) in [5.74, 6) is 0.255. The molecule has 5 saturated carbocycles. The highest BCUT2D eigenvalue weighted by Gasteiger charge is 2.62. The fourth-order valence-corrected chi connectivity index (χ4v) is 7.72. The van der Waals surface area contributed by atoms with Crippen LogP contribution in [0, 0.1) is 22.2 Å². The van der Waals surface area contributed by atoms with E-state index in [0.717, 1.165) is 44.6 Å². The van der Waals surface area contributed by atoms with E-state index in [1.165, 1.54) is 19.3 Å². The van der Waals surface area contributed by atoms with Crippen LogP contribution in [0.2, 0.25) is 0 Å². The number of likely N-dealkylation sites (N-methyl/N-ethyl adjacent to an activating group) is 1. The van der Waals surface area contributed by atoms with E-state index in [1.807, 2.05) is 11.8 Å². The third kappa shape index (κ3) is 3.06. The van der Waals surface area contributed by atoms with Gasteiger partial charge in [0.1, 0.15) is 0 Å². The molecule has 0 spiro atoms. The molecule has 0 radical (unpaired) electrons. The van der Waals surface area contributed by atoms with E-state index in [-0.39, 0.29) is 18.0 Å². The Morgan fingerprint density at radius 2 is 1.69 bits per heavy atom. The number of hydrogen-bond donors (Lipinski definition) is 2. The normalized spacial score (nSPS) is 46.2. The first-order valence-corrected chi connectivity index (χ1v) is 10.4. The summed E-state index contributed by atoms with van der Waals surface area (Å²) in [7, 11) is 0. The topological polar surface area (TPSA) is 69.6 Å². The molecule has 146 valence electrons. The van der Waals surface area contributed by atoms with E-state index in [9.17, 15) is 9.59 Å². The highest BCUT2D eigenvalue weighted by Crippen LogP contribution is 2.69. The van der Waals surface area contributed by atoms with Gasteiger partial charge in [0.15, 0.2) is 0 Å². The van der Waals surface area contributed by atoms with Gasteiger partial charge in [0, 0.05) is 12.1 Å². The second-order valence-electron chi connectivity index (χ2n) is 10.7. The molecule has 1 amide bonds. The molecule has 5 rings (SSSR count). The van der Waals surface area contributed by atoms with Crippen molar-refractivity contribution < 1.29 is 14.7 Å². The molecule has 0 aliphatic heterocycles. The lowest BCUT2D eigenvalue weighted by Crippen LogP contribution is -2.62. The zero-order valence-electron chi connectivity index (χ0n) is 16.5. The monoisotopic (exact) mass is 362 g/mol. The third-order valence-corrected chi connectivity index (χ3v) is 7.82. The summed E-state index contributed by atoms with van der Waals surface area (Å²) in [6.45, 7) is 7.67. The maximum absolute atomic E-state index is 13.3. The van der Waals surface area contributed by atoms with E-state index >= 15 is 0 Å². The standard InChI is InChI=1S/C21H34N2O3/c1-4-23(10-17(24)25)16-5-15(6-16)22-18(26)21-9-14-7-19(2,12-21)11-20(3,8-14)13-21/h14-16H,4-13H2,1-3H3,(H,22,26)(H,24,25). The van der Waals surface area contributed by atoms with E-state index in [2.05, 4.69) is 19.2 Å². The Morgan fingerprint density at radius 3 is 2.19 bits per heavy atom. The molecule has 0 aromatic heterocycles. The Balaban J connectivity index is 1.37. The van der Waals surface area contributed by atoms with Gasteiger partial charge in [-0.3, -0.25) is 14.5 Å². The smallest absolute Gasteiger partial charge is 0.317 e. The van der Waals surface area contributed by atoms with Crippen molar-refractivity contribution in [2.75, 3.05) is 13.1 Å². The molecular formula is C21H34N2O3. The minimum Gasteiger partial charge on any atom is -0.480 e. The Bertz CT molecular complexity index is 594. The summed E-state index contributed by atoms with van der Waals surface area (Å²) in [6.07, 6.45) is 8.90. The molecule has 26 heavy (non-hydrogen) atoms. The molecule has 0 heterocycles. The van der Waals surface area contributed by atoms with Gasteiger partial charge in [-0.15, -0.1) is 0 Å². The van der Waals surface area contributed by atoms with Crippen molar-refractivity contribution in [1.82, 2.24) is 10.2 Å². The number of carbonyl (C=O) groups is 2. The summed E-state index contributed by atoms with van der Waals surface area (Å²) in [6, 6.07) is 0.525. The number of carboxylic acids is 1. The second-order valence-corrected chi connectivity index (χ2v) is 10.7. The van der Waals surface area contributed by atoms with Crippen molar-refractivity contribution >= 4 is 11.9 Å². The first-order valence-electron chi connectivity index (χ1n) is 10.4. The zero-order chi connectivity index (χ0) is 18.7. The van der Waals surface area contributed by atoms with Gasteiger partial charge < -0.3 is 10.4 Å². The molecule has 2 N–H and O–H groups in total. The number of rotatable bonds is 6. The second kappa shape index (κ2) is 5.95. The maximum atomic E-state index is 13.3. The first kappa shape index (κ1) is 18.3. The molecule has 5 aliphatic rings. The van der Waals surface area contributed by atoms with Gasteiger partial charge in [-0.25, -0.2) is 0 Å². The quantitative estimate of drug-likeness (QED) is 0.762.